The number of carbonyl (C=O) groups excluding carboxylic acids is 2. The lowest BCUT2D eigenvalue weighted by Crippen LogP contribution is -2.12. The van der Waals surface area contributed by atoms with Crippen molar-refractivity contribution in [3.63, 3.8) is 0 Å². The molecule has 0 atom stereocenters. The van der Waals surface area contributed by atoms with Gasteiger partial charge in [0.25, 0.3) is 0 Å². The van der Waals surface area contributed by atoms with Gasteiger partial charge in [0.1, 0.15) is 5.88 Å². The van der Waals surface area contributed by atoms with E-state index in [-0.39, 0.29) is 17.7 Å². The molecular weight excluding hydrogens is 503 g/mol. The molecule has 0 saturated carbocycles. The molecule has 0 spiro atoms. The SMILES string of the molecule is Nc1ccc(-c2ccccc2)cc1.O=C(CCl)Nc1ccc(-c2ccccc2)cc1.O=C(Cl)CCl. The molecule has 0 aromatic heterocycles. The van der Waals surface area contributed by atoms with Crippen molar-refractivity contribution in [3.05, 3.63) is 109 Å². The van der Waals surface area contributed by atoms with Crippen molar-refractivity contribution in [1.29, 1.82) is 0 Å². The first-order valence-electron chi connectivity index (χ1n) is 10.6. The third-order valence-corrected chi connectivity index (χ3v) is 5.28. The number of halogens is 3. The van der Waals surface area contributed by atoms with E-state index in [0.717, 1.165) is 22.5 Å². The maximum atomic E-state index is 11.1. The summed E-state index contributed by atoms with van der Waals surface area (Å²) in [7, 11) is 0. The number of benzene rings is 4. The second kappa shape index (κ2) is 15.6. The summed E-state index contributed by atoms with van der Waals surface area (Å²) in [4.78, 5) is 20.5. The highest BCUT2D eigenvalue weighted by Gasteiger charge is 2.01. The van der Waals surface area contributed by atoms with Crippen LogP contribution in [-0.4, -0.2) is 22.9 Å². The Morgan fingerprint density at radius 2 is 0.971 bits per heavy atom. The Labute approximate surface area is 220 Å². The Morgan fingerprint density at radius 3 is 1.34 bits per heavy atom. The highest BCUT2D eigenvalue weighted by atomic mass is 35.5. The van der Waals surface area contributed by atoms with Crippen LogP contribution in [0.15, 0.2) is 109 Å². The number of hydrogen-bond acceptors (Lipinski definition) is 3. The first-order valence-corrected chi connectivity index (χ1v) is 12.0. The predicted molar refractivity (Wildman–Crippen MR) is 149 cm³/mol. The zero-order valence-corrected chi connectivity index (χ0v) is 21.1. The maximum absolute atomic E-state index is 11.1. The van der Waals surface area contributed by atoms with E-state index in [1.165, 1.54) is 11.1 Å². The van der Waals surface area contributed by atoms with Gasteiger partial charge in [-0.2, -0.15) is 0 Å². The van der Waals surface area contributed by atoms with Crippen molar-refractivity contribution in [2.45, 2.75) is 0 Å². The number of rotatable bonds is 5. The number of alkyl halides is 2. The van der Waals surface area contributed by atoms with Gasteiger partial charge in [0.15, 0.2) is 0 Å². The fourth-order valence-corrected chi connectivity index (χ4v) is 2.94. The van der Waals surface area contributed by atoms with Gasteiger partial charge in [-0.3, -0.25) is 9.59 Å². The van der Waals surface area contributed by atoms with E-state index >= 15 is 0 Å². The third kappa shape index (κ3) is 10.7. The molecule has 0 bridgehead atoms. The van der Waals surface area contributed by atoms with E-state index in [4.69, 9.17) is 40.5 Å². The highest BCUT2D eigenvalue weighted by molar-refractivity contribution is 6.67. The summed E-state index contributed by atoms with van der Waals surface area (Å²) in [6, 6.07) is 35.9. The average molecular weight is 528 g/mol. The van der Waals surface area contributed by atoms with E-state index < -0.39 is 5.24 Å². The molecule has 7 heteroatoms. The molecule has 0 radical (unpaired) electrons. The number of amides is 1. The molecule has 4 aromatic rings. The van der Waals surface area contributed by atoms with Crippen LogP contribution in [0.1, 0.15) is 0 Å². The highest BCUT2D eigenvalue weighted by Crippen LogP contribution is 2.21. The van der Waals surface area contributed by atoms with E-state index in [0.29, 0.717) is 0 Å². The second-order valence-electron chi connectivity index (χ2n) is 7.10. The van der Waals surface area contributed by atoms with Crippen LogP contribution in [0.2, 0.25) is 0 Å². The van der Waals surface area contributed by atoms with Gasteiger partial charge in [0.2, 0.25) is 11.1 Å². The Balaban J connectivity index is 0.000000212. The van der Waals surface area contributed by atoms with Crippen LogP contribution in [0.3, 0.4) is 0 Å². The first kappa shape index (κ1) is 27.9. The number of carbonyl (C=O) groups is 2. The molecule has 0 aliphatic rings. The standard InChI is InChI=1S/C14H12ClNO.C12H11N.C2H2Cl2O/c15-10-14(17)16-13-8-6-12(7-9-13)11-4-2-1-3-5-11;13-12-8-6-11(7-9-12)10-4-2-1-3-5-10;3-1-2(4)5/h1-9H,10H2,(H,16,17);1-9H,13H2;1H2. The minimum absolute atomic E-state index is 0.0273. The molecule has 3 N–H and O–H groups in total. The lowest BCUT2D eigenvalue weighted by molar-refractivity contribution is -0.114. The molecule has 0 saturated heterocycles. The van der Waals surface area contributed by atoms with Crippen molar-refractivity contribution in [2.24, 2.45) is 0 Å². The smallest absolute Gasteiger partial charge is 0.239 e. The Kier molecular flexibility index (Phi) is 12.4. The van der Waals surface area contributed by atoms with E-state index in [1.807, 2.05) is 97.1 Å². The quantitative estimate of drug-likeness (QED) is 0.161. The van der Waals surface area contributed by atoms with Gasteiger partial charge in [0.05, 0.1) is 5.88 Å². The van der Waals surface area contributed by atoms with Crippen molar-refractivity contribution in [2.75, 3.05) is 22.8 Å². The van der Waals surface area contributed by atoms with Crippen molar-refractivity contribution >= 4 is 57.3 Å². The van der Waals surface area contributed by atoms with Crippen molar-refractivity contribution < 1.29 is 9.59 Å². The van der Waals surface area contributed by atoms with Crippen molar-refractivity contribution in [3.8, 4) is 22.3 Å². The Bertz CT molecular complexity index is 1170. The summed E-state index contributed by atoms with van der Waals surface area (Å²) in [5.74, 6) is -0.318. The lowest BCUT2D eigenvalue weighted by atomic mass is 10.1. The molecule has 4 aromatic carbocycles. The lowest BCUT2D eigenvalue weighted by Gasteiger charge is -2.05. The minimum atomic E-state index is -0.508. The molecule has 4 nitrogen and oxygen atoms in total. The number of anilines is 2. The largest absolute Gasteiger partial charge is 0.399 e. The average Bonchev–Trinajstić information content (AvgIpc) is 2.91. The molecule has 0 fully saturated rings. The second-order valence-corrected chi connectivity index (χ2v) is 8.06. The van der Waals surface area contributed by atoms with Crippen LogP contribution in [0.4, 0.5) is 11.4 Å². The van der Waals surface area contributed by atoms with Crippen LogP contribution < -0.4 is 11.1 Å². The number of hydrogen-bond donors (Lipinski definition) is 2. The van der Waals surface area contributed by atoms with Crippen LogP contribution in [0.25, 0.3) is 22.3 Å². The monoisotopic (exact) mass is 526 g/mol. The van der Waals surface area contributed by atoms with Crippen LogP contribution in [0.5, 0.6) is 0 Å². The number of nitrogen functional groups attached to an aromatic ring is 1. The Hall–Kier alpha value is -3.31. The van der Waals surface area contributed by atoms with Crippen LogP contribution in [-0.2, 0) is 9.59 Å². The molecule has 0 aliphatic heterocycles. The third-order valence-electron chi connectivity index (χ3n) is 4.52. The summed E-state index contributed by atoms with van der Waals surface area (Å²) in [5.41, 5.74) is 11.9. The van der Waals surface area contributed by atoms with E-state index in [9.17, 15) is 9.59 Å². The zero-order chi connectivity index (χ0) is 25.5. The van der Waals surface area contributed by atoms with Gasteiger partial charge in [-0.15, -0.1) is 23.2 Å². The number of nitrogens with one attached hydrogen (secondary N) is 1. The minimum Gasteiger partial charge on any atom is -0.399 e. The molecular formula is C28H25Cl3N2O2. The molecule has 0 heterocycles. The van der Waals surface area contributed by atoms with Gasteiger partial charge in [-0.1, -0.05) is 84.9 Å². The number of nitrogens with two attached hydrogens (primary N) is 1. The molecule has 180 valence electrons. The normalized spacial score (nSPS) is 9.57. The zero-order valence-electron chi connectivity index (χ0n) is 18.8. The Morgan fingerprint density at radius 1 is 0.600 bits per heavy atom. The topological polar surface area (TPSA) is 72.2 Å². The fraction of sp³-hybridized carbons (Fsp3) is 0.0714. The maximum Gasteiger partial charge on any atom is 0.239 e. The molecule has 1 amide bonds. The summed E-state index contributed by atoms with van der Waals surface area (Å²) < 4.78 is 0. The summed E-state index contributed by atoms with van der Waals surface area (Å²) in [6.45, 7) is 0. The van der Waals surface area contributed by atoms with Crippen molar-refractivity contribution in [1.82, 2.24) is 0 Å². The van der Waals surface area contributed by atoms with Gasteiger partial charge < -0.3 is 11.1 Å². The van der Waals surface area contributed by atoms with E-state index in [1.54, 1.807) is 0 Å². The molecule has 0 unspecified atom stereocenters. The summed E-state index contributed by atoms with van der Waals surface area (Å²) in [6.07, 6.45) is 0. The molecule has 35 heavy (non-hydrogen) atoms. The van der Waals surface area contributed by atoms with E-state index in [2.05, 4.69) is 17.4 Å². The molecule has 4 rings (SSSR count). The van der Waals surface area contributed by atoms with Gasteiger partial charge in [-0.25, -0.2) is 0 Å². The van der Waals surface area contributed by atoms with Gasteiger partial charge in [-0.05, 0) is 58.1 Å². The van der Waals surface area contributed by atoms with Crippen LogP contribution >= 0.6 is 34.8 Å². The van der Waals surface area contributed by atoms with Crippen LogP contribution in [0, 0.1) is 0 Å². The summed E-state index contributed by atoms with van der Waals surface area (Å²) in [5, 5.41) is 2.19. The molecule has 0 aliphatic carbocycles. The fourth-order valence-electron chi connectivity index (χ4n) is 2.88. The summed E-state index contributed by atoms with van der Waals surface area (Å²) >= 11 is 15.0. The van der Waals surface area contributed by atoms with Gasteiger partial charge >= 0.3 is 0 Å². The first-order chi connectivity index (χ1) is 16.9. The van der Waals surface area contributed by atoms with Gasteiger partial charge in [0, 0.05) is 11.4 Å². The predicted octanol–water partition coefficient (Wildman–Crippen LogP) is 7.46.